The summed E-state index contributed by atoms with van der Waals surface area (Å²) in [6.45, 7) is 11.5. The number of rotatable bonds is 7. The van der Waals surface area contributed by atoms with Gasteiger partial charge >= 0.3 is 0 Å². The van der Waals surface area contributed by atoms with Crippen molar-refractivity contribution >= 4 is 0 Å². The summed E-state index contributed by atoms with van der Waals surface area (Å²) in [7, 11) is 0. The summed E-state index contributed by atoms with van der Waals surface area (Å²) in [5.74, 6) is 0. The van der Waals surface area contributed by atoms with Crippen LogP contribution in [-0.2, 0) is 0 Å². The van der Waals surface area contributed by atoms with E-state index in [4.69, 9.17) is 0 Å². The third kappa shape index (κ3) is 4.10. The van der Waals surface area contributed by atoms with Gasteiger partial charge in [0.2, 0.25) is 0 Å². The van der Waals surface area contributed by atoms with Crippen molar-refractivity contribution in [2.24, 2.45) is 0 Å². The van der Waals surface area contributed by atoms with Crippen LogP contribution in [0, 0.1) is 0 Å². The molecule has 0 fully saturated rings. The van der Waals surface area contributed by atoms with E-state index in [1.807, 2.05) is 0 Å². The van der Waals surface area contributed by atoms with Gasteiger partial charge in [0.25, 0.3) is 0 Å². The molecule has 0 N–H and O–H groups in total. The third-order valence-electron chi connectivity index (χ3n) is 2.69. The molecular weight excluding hydrogens is 146 g/mol. The molecule has 0 saturated heterocycles. The van der Waals surface area contributed by atoms with E-state index in [9.17, 15) is 0 Å². The van der Waals surface area contributed by atoms with Gasteiger partial charge in [-0.25, -0.2) is 0 Å². The van der Waals surface area contributed by atoms with Crippen molar-refractivity contribution in [3.63, 3.8) is 0 Å². The lowest BCUT2D eigenvalue weighted by molar-refractivity contribution is 0.197. The molecule has 74 valence electrons. The maximum absolute atomic E-state index is 2.58. The monoisotopic (exact) mass is 171 g/mol. The van der Waals surface area contributed by atoms with Crippen LogP contribution >= 0.6 is 0 Å². The van der Waals surface area contributed by atoms with Crippen LogP contribution in [0.2, 0.25) is 0 Å². The second kappa shape index (κ2) is 7.60. The van der Waals surface area contributed by atoms with Crippen molar-refractivity contribution in [1.29, 1.82) is 0 Å². The highest BCUT2D eigenvalue weighted by Crippen LogP contribution is 2.11. The molecule has 1 atom stereocenters. The lowest BCUT2D eigenvalue weighted by atomic mass is 10.1. The lowest BCUT2D eigenvalue weighted by Gasteiger charge is -2.28. The van der Waals surface area contributed by atoms with E-state index in [0.717, 1.165) is 6.04 Å². The van der Waals surface area contributed by atoms with E-state index < -0.39 is 0 Å². The van der Waals surface area contributed by atoms with Gasteiger partial charge in [0.1, 0.15) is 0 Å². The Morgan fingerprint density at radius 1 is 1.00 bits per heavy atom. The van der Waals surface area contributed by atoms with E-state index in [2.05, 4.69) is 32.6 Å². The summed E-state index contributed by atoms with van der Waals surface area (Å²) in [6.07, 6.45) is 5.41. The van der Waals surface area contributed by atoms with Crippen LogP contribution in [0.5, 0.6) is 0 Å². The second-order valence-electron chi connectivity index (χ2n) is 3.43. The Balaban J connectivity index is 3.75. The van der Waals surface area contributed by atoms with Crippen LogP contribution < -0.4 is 0 Å². The predicted molar refractivity (Wildman–Crippen MR) is 56.5 cm³/mol. The molecule has 0 amide bonds. The number of hydrogen-bond donors (Lipinski definition) is 0. The van der Waals surface area contributed by atoms with Crippen molar-refractivity contribution < 1.29 is 0 Å². The maximum Gasteiger partial charge on any atom is 0.00923 e. The summed E-state index contributed by atoms with van der Waals surface area (Å²) in [6, 6.07) is 0.833. The Morgan fingerprint density at radius 3 is 1.92 bits per heavy atom. The largest absolute Gasteiger partial charge is 0.301 e. The highest BCUT2D eigenvalue weighted by molar-refractivity contribution is 4.67. The molecule has 0 saturated carbocycles. The van der Waals surface area contributed by atoms with Gasteiger partial charge in [-0.3, -0.25) is 0 Å². The Kier molecular flexibility index (Phi) is 7.58. The van der Waals surface area contributed by atoms with Crippen molar-refractivity contribution in [1.82, 2.24) is 4.90 Å². The fourth-order valence-electron chi connectivity index (χ4n) is 1.82. The van der Waals surface area contributed by atoms with E-state index in [0.29, 0.717) is 0 Å². The van der Waals surface area contributed by atoms with Gasteiger partial charge < -0.3 is 4.90 Å². The third-order valence-corrected chi connectivity index (χ3v) is 2.69. The molecule has 1 nitrogen and oxygen atoms in total. The molecule has 0 aliphatic carbocycles. The topological polar surface area (TPSA) is 3.24 Å². The van der Waals surface area contributed by atoms with Crippen molar-refractivity contribution in [2.75, 3.05) is 13.1 Å². The minimum Gasteiger partial charge on any atom is -0.301 e. The average Bonchev–Trinajstić information content (AvgIpc) is 2.12. The van der Waals surface area contributed by atoms with E-state index in [-0.39, 0.29) is 0 Å². The quantitative estimate of drug-likeness (QED) is 0.568. The van der Waals surface area contributed by atoms with E-state index in [1.54, 1.807) is 0 Å². The first-order chi connectivity index (χ1) is 5.79. The average molecular weight is 171 g/mol. The van der Waals surface area contributed by atoms with Crippen LogP contribution in [0.1, 0.15) is 53.4 Å². The van der Waals surface area contributed by atoms with Crippen LogP contribution in [0.15, 0.2) is 0 Å². The van der Waals surface area contributed by atoms with Gasteiger partial charge in [-0.1, -0.05) is 40.5 Å². The number of hydrogen-bond acceptors (Lipinski definition) is 1. The molecule has 1 unspecified atom stereocenters. The molecule has 0 bridgehead atoms. The van der Waals surface area contributed by atoms with Gasteiger partial charge in [-0.05, 0) is 25.9 Å². The van der Waals surface area contributed by atoms with Gasteiger partial charge in [0, 0.05) is 6.04 Å². The van der Waals surface area contributed by atoms with E-state index in [1.165, 1.54) is 38.8 Å². The Hall–Kier alpha value is -0.0400. The van der Waals surface area contributed by atoms with Gasteiger partial charge in [0.05, 0.1) is 0 Å². The molecule has 0 rings (SSSR count). The molecule has 0 aromatic heterocycles. The predicted octanol–water partition coefficient (Wildman–Crippen LogP) is 3.30. The maximum atomic E-state index is 2.58. The molecule has 12 heavy (non-hydrogen) atoms. The molecule has 0 spiro atoms. The minimum atomic E-state index is 0.833. The first-order valence-corrected chi connectivity index (χ1v) is 5.54. The van der Waals surface area contributed by atoms with Crippen LogP contribution in [0.4, 0.5) is 0 Å². The summed E-state index contributed by atoms with van der Waals surface area (Å²) in [4.78, 5) is 2.58. The smallest absolute Gasteiger partial charge is 0.00923 e. The molecular formula is C11H25N. The van der Waals surface area contributed by atoms with Gasteiger partial charge in [-0.2, -0.15) is 0 Å². The van der Waals surface area contributed by atoms with Gasteiger partial charge in [-0.15, -0.1) is 0 Å². The fourth-order valence-corrected chi connectivity index (χ4v) is 1.82. The molecule has 1 heteroatoms. The summed E-state index contributed by atoms with van der Waals surface area (Å²) >= 11 is 0. The Bertz CT molecular complexity index is 87.0. The zero-order valence-corrected chi connectivity index (χ0v) is 9.27. The molecule has 0 aliphatic heterocycles. The van der Waals surface area contributed by atoms with Crippen molar-refractivity contribution in [3.05, 3.63) is 0 Å². The standard InChI is InChI=1S/C11H25N/c1-5-9-10-11(6-2)12(7-3)8-4/h11H,5-10H2,1-4H3. The van der Waals surface area contributed by atoms with Crippen molar-refractivity contribution in [3.8, 4) is 0 Å². The highest BCUT2D eigenvalue weighted by atomic mass is 15.1. The number of unbranched alkanes of at least 4 members (excludes halogenated alkanes) is 1. The minimum absolute atomic E-state index is 0.833. The lowest BCUT2D eigenvalue weighted by Crippen LogP contribution is -2.34. The second-order valence-corrected chi connectivity index (χ2v) is 3.43. The zero-order chi connectivity index (χ0) is 9.40. The zero-order valence-electron chi connectivity index (χ0n) is 9.27. The molecule has 0 radical (unpaired) electrons. The Morgan fingerprint density at radius 2 is 1.58 bits per heavy atom. The summed E-state index contributed by atoms with van der Waals surface area (Å²) in [5.41, 5.74) is 0. The number of nitrogens with zero attached hydrogens (tertiary/aromatic N) is 1. The van der Waals surface area contributed by atoms with Crippen LogP contribution in [0.25, 0.3) is 0 Å². The normalized spacial score (nSPS) is 13.8. The van der Waals surface area contributed by atoms with Crippen LogP contribution in [-0.4, -0.2) is 24.0 Å². The van der Waals surface area contributed by atoms with E-state index >= 15 is 0 Å². The summed E-state index contributed by atoms with van der Waals surface area (Å²) < 4.78 is 0. The van der Waals surface area contributed by atoms with Gasteiger partial charge in [0.15, 0.2) is 0 Å². The highest BCUT2D eigenvalue weighted by Gasteiger charge is 2.11. The van der Waals surface area contributed by atoms with Crippen LogP contribution in [0.3, 0.4) is 0 Å². The first-order valence-electron chi connectivity index (χ1n) is 5.54. The molecule has 0 aliphatic rings. The molecule has 0 heterocycles. The summed E-state index contributed by atoms with van der Waals surface area (Å²) in [5, 5.41) is 0. The fraction of sp³-hybridized carbons (Fsp3) is 1.00. The molecule has 0 aromatic rings. The Labute approximate surface area is 78.1 Å². The van der Waals surface area contributed by atoms with Crippen molar-refractivity contribution in [2.45, 2.75) is 59.4 Å². The SMILES string of the molecule is CCCCC(CC)N(CC)CC. The molecule has 0 aromatic carbocycles. The first kappa shape index (κ1) is 12.0.